The summed E-state index contributed by atoms with van der Waals surface area (Å²) >= 11 is 0. The highest BCUT2D eigenvalue weighted by atomic mass is 32.3. The Morgan fingerprint density at radius 1 is 1.16 bits per heavy atom. The third-order valence-corrected chi connectivity index (χ3v) is 6.97. The van der Waals surface area contributed by atoms with E-state index in [4.69, 9.17) is 11.2 Å². The maximum absolute atomic E-state index is 13.8. The molecule has 3 aromatic heterocycles. The predicted molar refractivity (Wildman–Crippen MR) is 138 cm³/mol. The highest BCUT2D eigenvalue weighted by Crippen LogP contribution is 2.38. The summed E-state index contributed by atoms with van der Waals surface area (Å²) in [6.07, 6.45) is 8.14. The van der Waals surface area contributed by atoms with Crippen molar-refractivity contribution in [2.24, 2.45) is 0 Å². The van der Waals surface area contributed by atoms with Crippen LogP contribution < -0.4 is 19.7 Å². The Morgan fingerprint density at radius 3 is 2.65 bits per heavy atom. The molecule has 0 unspecified atom stereocenters. The van der Waals surface area contributed by atoms with E-state index < -0.39 is 10.5 Å². The van der Waals surface area contributed by atoms with Gasteiger partial charge in [0.1, 0.15) is 11.4 Å². The lowest BCUT2D eigenvalue weighted by molar-refractivity contribution is 0.357. The number of nitrogens with one attached hydrogen (secondary N) is 2. The van der Waals surface area contributed by atoms with Gasteiger partial charge in [0.25, 0.3) is 0 Å². The third-order valence-electron chi connectivity index (χ3n) is 6.58. The number of fused-ring (bicyclic) bond motifs is 4. The van der Waals surface area contributed by atoms with Crippen LogP contribution in [0.4, 0.5) is 3.89 Å². The van der Waals surface area contributed by atoms with Crippen molar-refractivity contribution in [1.29, 1.82) is 0 Å². The number of rotatable bonds is 5. The molecule has 1 saturated heterocycles. The third kappa shape index (κ3) is 3.78. The molecule has 9 nitrogen and oxygen atoms in total. The molecular weight excluding hydrogens is 499 g/mol. The lowest BCUT2D eigenvalue weighted by atomic mass is 10.0. The summed E-state index contributed by atoms with van der Waals surface area (Å²) in [5, 5.41) is 5.05. The summed E-state index contributed by atoms with van der Waals surface area (Å²) in [4.78, 5) is 21.2. The summed E-state index contributed by atoms with van der Waals surface area (Å²) in [6, 6.07) is 10.3. The Morgan fingerprint density at radius 2 is 1.97 bits per heavy atom. The van der Waals surface area contributed by atoms with E-state index in [1.807, 2.05) is 12.1 Å². The molecule has 11 heteroatoms. The fourth-order valence-electron chi connectivity index (χ4n) is 4.84. The van der Waals surface area contributed by atoms with Crippen molar-refractivity contribution in [2.45, 2.75) is 6.04 Å². The quantitative estimate of drug-likeness (QED) is 0.271. The van der Waals surface area contributed by atoms with Gasteiger partial charge in [0.2, 0.25) is 0 Å². The van der Waals surface area contributed by atoms with Crippen molar-refractivity contribution >= 4 is 43.3 Å². The molecule has 37 heavy (non-hydrogen) atoms. The monoisotopic (exact) mass is 518 g/mol. The zero-order valence-corrected chi connectivity index (χ0v) is 20.2. The molecule has 6 rings (SSSR count). The number of ether oxygens (including phenoxy) is 1. The van der Waals surface area contributed by atoms with Crippen molar-refractivity contribution in [3.63, 3.8) is 0 Å². The standard InChI is InChI=1S/C26H19FN4O5S/c1-3-14-4-5-18-21(6-14)30-26-24(18)25(32)20-9-23(35-2)19(8-22(20)31(26)16-11-29-12-16)15-7-17(13-28-10-15)36-37(27,33)34/h1,4-10,13,16,29-30H,11-12H2,2H3. The maximum Gasteiger partial charge on any atom is 0.488 e. The van der Waals surface area contributed by atoms with Gasteiger partial charge < -0.3 is 23.8 Å². The molecule has 0 aliphatic carbocycles. The van der Waals surface area contributed by atoms with E-state index in [1.165, 1.54) is 19.4 Å². The number of aromatic nitrogens is 3. The topological polar surface area (TPSA) is 115 Å². The molecule has 2 aromatic carbocycles. The van der Waals surface area contributed by atoms with Gasteiger partial charge in [-0.3, -0.25) is 9.78 Å². The van der Waals surface area contributed by atoms with Gasteiger partial charge in [-0.2, -0.15) is 8.42 Å². The molecule has 1 fully saturated rings. The highest BCUT2D eigenvalue weighted by Gasteiger charge is 2.26. The Labute approximate surface area is 210 Å². The van der Waals surface area contributed by atoms with E-state index >= 15 is 0 Å². The van der Waals surface area contributed by atoms with E-state index in [0.29, 0.717) is 57.5 Å². The molecule has 2 N–H and O–H groups in total. The number of benzene rings is 2. The Balaban J connectivity index is 1.68. The van der Waals surface area contributed by atoms with Gasteiger partial charge in [-0.25, -0.2) is 0 Å². The van der Waals surface area contributed by atoms with Gasteiger partial charge in [0, 0.05) is 46.9 Å². The summed E-state index contributed by atoms with van der Waals surface area (Å²) in [5.41, 5.74) is 3.54. The van der Waals surface area contributed by atoms with Crippen molar-refractivity contribution < 1.29 is 21.2 Å². The molecular formula is C26H19FN4O5S. The van der Waals surface area contributed by atoms with E-state index in [0.717, 1.165) is 17.1 Å². The molecule has 1 aliphatic heterocycles. The molecule has 0 radical (unpaired) electrons. The van der Waals surface area contributed by atoms with E-state index in [2.05, 4.69) is 30.0 Å². The van der Waals surface area contributed by atoms with Crippen LogP contribution in [0.2, 0.25) is 0 Å². The van der Waals surface area contributed by atoms with Crippen LogP contribution in [0, 0.1) is 12.3 Å². The number of methoxy groups -OCH3 is 1. The van der Waals surface area contributed by atoms with Crippen LogP contribution in [0.5, 0.6) is 11.5 Å². The first-order valence-corrected chi connectivity index (χ1v) is 12.6. The first kappa shape index (κ1) is 23.0. The first-order chi connectivity index (χ1) is 17.8. The Kier molecular flexibility index (Phi) is 5.18. The molecule has 0 bridgehead atoms. The van der Waals surface area contributed by atoms with Crippen LogP contribution in [-0.4, -0.2) is 43.2 Å². The van der Waals surface area contributed by atoms with Crippen molar-refractivity contribution in [3.05, 3.63) is 64.6 Å². The van der Waals surface area contributed by atoms with Crippen LogP contribution in [0.3, 0.4) is 0 Å². The number of terminal acetylenes is 1. The number of pyridine rings is 2. The number of H-pyrrole nitrogens is 1. The lowest BCUT2D eigenvalue weighted by Crippen LogP contribution is -2.44. The van der Waals surface area contributed by atoms with Crippen LogP contribution in [0.25, 0.3) is 44.0 Å². The highest BCUT2D eigenvalue weighted by molar-refractivity contribution is 7.81. The summed E-state index contributed by atoms with van der Waals surface area (Å²) in [6.45, 7) is 1.41. The van der Waals surface area contributed by atoms with Gasteiger partial charge in [-0.1, -0.05) is 15.9 Å². The lowest BCUT2D eigenvalue weighted by Gasteiger charge is -2.32. The van der Waals surface area contributed by atoms with Gasteiger partial charge in [0.15, 0.2) is 11.2 Å². The largest absolute Gasteiger partial charge is 0.496 e. The van der Waals surface area contributed by atoms with Gasteiger partial charge >= 0.3 is 10.5 Å². The van der Waals surface area contributed by atoms with Crippen molar-refractivity contribution in [1.82, 2.24) is 19.9 Å². The molecule has 1 aliphatic rings. The fourth-order valence-corrected chi connectivity index (χ4v) is 5.17. The zero-order chi connectivity index (χ0) is 25.9. The van der Waals surface area contributed by atoms with Crippen molar-refractivity contribution in [3.8, 4) is 35.0 Å². The zero-order valence-electron chi connectivity index (χ0n) is 19.4. The summed E-state index contributed by atoms with van der Waals surface area (Å²) in [5.74, 6) is 2.69. The number of aromatic amines is 1. The molecule has 186 valence electrons. The molecule has 0 spiro atoms. The summed E-state index contributed by atoms with van der Waals surface area (Å²) < 4.78 is 47.1. The SMILES string of the molecule is C#Cc1ccc2c(c1)[nH]c1c2c(=O)c2cc(OC)c(-c3cncc(OS(=O)(=O)F)c3)cc2n1C1CNC1. The normalized spacial score (nSPS) is 14.1. The Hall–Kier alpha value is -4.40. The first-order valence-electron chi connectivity index (χ1n) is 11.3. The fraction of sp³-hybridized carbons (Fsp3) is 0.154. The minimum Gasteiger partial charge on any atom is -0.496 e. The second kappa shape index (κ2) is 8.33. The summed E-state index contributed by atoms with van der Waals surface area (Å²) in [7, 11) is -3.77. The van der Waals surface area contributed by atoms with Crippen LogP contribution in [0.15, 0.2) is 53.6 Å². The molecule has 5 aromatic rings. The van der Waals surface area contributed by atoms with E-state index in [-0.39, 0.29) is 17.2 Å². The number of halogens is 1. The van der Waals surface area contributed by atoms with E-state index in [9.17, 15) is 17.1 Å². The van der Waals surface area contributed by atoms with Crippen LogP contribution >= 0.6 is 0 Å². The van der Waals surface area contributed by atoms with E-state index in [1.54, 1.807) is 18.2 Å². The Bertz CT molecular complexity index is 1950. The maximum atomic E-state index is 13.8. The van der Waals surface area contributed by atoms with Gasteiger partial charge in [0.05, 0.1) is 35.6 Å². The second-order valence-corrected chi connectivity index (χ2v) is 9.67. The molecule has 4 heterocycles. The average molecular weight is 519 g/mol. The van der Waals surface area contributed by atoms with Crippen LogP contribution in [-0.2, 0) is 10.5 Å². The number of hydrogen-bond donors (Lipinski definition) is 2. The predicted octanol–water partition coefficient (Wildman–Crippen LogP) is 3.43. The number of nitrogens with zero attached hydrogens (tertiary/aromatic N) is 2. The number of hydrogen-bond acceptors (Lipinski definition) is 7. The molecule has 0 atom stereocenters. The smallest absolute Gasteiger partial charge is 0.488 e. The molecule has 0 amide bonds. The van der Waals surface area contributed by atoms with Crippen LogP contribution in [0.1, 0.15) is 11.6 Å². The average Bonchev–Trinajstić information content (AvgIpc) is 3.22. The van der Waals surface area contributed by atoms with Gasteiger partial charge in [-0.05, 0) is 30.3 Å². The second-order valence-electron chi connectivity index (χ2n) is 8.72. The minimum absolute atomic E-state index is 0.0662. The molecule has 0 saturated carbocycles. The van der Waals surface area contributed by atoms with Crippen molar-refractivity contribution in [2.75, 3.05) is 20.2 Å². The van der Waals surface area contributed by atoms with Gasteiger partial charge in [-0.15, -0.1) is 6.42 Å². The minimum atomic E-state index is -5.23.